The molecule has 1 aliphatic heterocycles. The highest BCUT2D eigenvalue weighted by Gasteiger charge is 2.51. The molecule has 1 N–H and O–H groups in total. The Morgan fingerprint density at radius 1 is 1.21 bits per heavy atom. The molecule has 6 heteroatoms. The Hall–Kier alpha value is -3.56. The van der Waals surface area contributed by atoms with E-state index in [1.165, 1.54) is 7.11 Å². The molecule has 4 rings (SSSR count). The van der Waals surface area contributed by atoms with Gasteiger partial charge in [0.05, 0.1) is 18.8 Å². The van der Waals surface area contributed by atoms with Gasteiger partial charge in [0.1, 0.15) is 18.0 Å². The third-order valence-electron chi connectivity index (χ3n) is 7.78. The van der Waals surface area contributed by atoms with Crippen LogP contribution in [-0.4, -0.2) is 42.5 Å². The summed E-state index contributed by atoms with van der Waals surface area (Å²) in [6.45, 7) is 5.74. The van der Waals surface area contributed by atoms with Crippen LogP contribution in [-0.2, 0) is 20.7 Å². The zero-order chi connectivity index (χ0) is 27.9. The Labute approximate surface area is 231 Å². The first-order valence-electron chi connectivity index (χ1n) is 13.7. The minimum Gasteiger partial charge on any atom is -0.489 e. The third kappa shape index (κ3) is 6.72. The van der Waals surface area contributed by atoms with E-state index in [0.717, 1.165) is 22.4 Å². The van der Waals surface area contributed by atoms with Crippen molar-refractivity contribution in [2.24, 2.45) is 11.8 Å². The zero-order valence-corrected chi connectivity index (χ0v) is 23.2. The van der Waals surface area contributed by atoms with Crippen LogP contribution in [0.2, 0.25) is 0 Å². The molecule has 6 nitrogen and oxygen atoms in total. The van der Waals surface area contributed by atoms with Gasteiger partial charge in [-0.25, -0.2) is 4.79 Å². The smallest absolute Gasteiger partial charge is 0.338 e. The summed E-state index contributed by atoms with van der Waals surface area (Å²) in [5, 5.41) is 10.8. The Morgan fingerprint density at radius 3 is 2.69 bits per heavy atom. The number of fused-ring (bicyclic) bond motifs is 3. The largest absolute Gasteiger partial charge is 0.489 e. The van der Waals surface area contributed by atoms with Gasteiger partial charge in [-0.3, -0.25) is 4.79 Å². The van der Waals surface area contributed by atoms with E-state index in [2.05, 4.69) is 17.9 Å². The van der Waals surface area contributed by atoms with E-state index in [-0.39, 0.29) is 41.9 Å². The molecule has 1 fully saturated rings. The number of rotatable bonds is 10. The molecular formula is C33H38O6. The predicted octanol–water partition coefficient (Wildman–Crippen LogP) is 5.55. The van der Waals surface area contributed by atoms with Crippen molar-refractivity contribution in [2.75, 3.05) is 7.11 Å². The molecule has 2 unspecified atom stereocenters. The SMILES string of the molecule is CC#CCC(C)[C@@H](O)/C=C/C1[C@H]2c3cccc(CCCC(=O)OC)c3O[C@H]2C[C@H]1OC(=O)c1ccc(C)cc1. The minimum atomic E-state index is -0.662. The highest BCUT2D eigenvalue weighted by atomic mass is 16.6. The monoisotopic (exact) mass is 530 g/mol. The first-order chi connectivity index (χ1) is 18.8. The fourth-order valence-electron chi connectivity index (χ4n) is 5.51. The molecule has 39 heavy (non-hydrogen) atoms. The summed E-state index contributed by atoms with van der Waals surface area (Å²) in [6.07, 6.45) is 5.52. The van der Waals surface area contributed by atoms with Crippen LogP contribution in [0, 0.1) is 30.6 Å². The van der Waals surface area contributed by atoms with Crippen molar-refractivity contribution >= 4 is 11.9 Å². The van der Waals surface area contributed by atoms with Crippen LogP contribution in [0.1, 0.15) is 72.5 Å². The van der Waals surface area contributed by atoms with Crippen LogP contribution >= 0.6 is 0 Å². The number of carbonyl (C=O) groups is 2. The van der Waals surface area contributed by atoms with E-state index in [1.807, 2.05) is 50.3 Å². The Balaban J connectivity index is 1.58. The highest BCUT2D eigenvalue weighted by molar-refractivity contribution is 5.89. The van der Waals surface area contributed by atoms with Crippen LogP contribution in [0.4, 0.5) is 0 Å². The Morgan fingerprint density at radius 2 is 1.97 bits per heavy atom. The number of esters is 2. The standard InChI is InChI=1S/C33H38O6/c1-5-6-9-22(3)27(34)19-18-25-28(39-33(36)24-16-14-21(2)15-17-24)20-29-31(25)26-12-7-10-23(32(26)38-29)11-8-13-30(35)37-4/h7,10,12,14-19,22,25,27-29,31,34H,8-9,11,13,20H2,1-4H3/b19-18+/t22?,25?,27-,28+,29-,31-/m0/s1. The topological polar surface area (TPSA) is 82.1 Å². The molecule has 0 bridgehead atoms. The summed E-state index contributed by atoms with van der Waals surface area (Å²) in [5.41, 5.74) is 3.74. The quantitative estimate of drug-likeness (QED) is 0.247. The second-order valence-corrected chi connectivity index (χ2v) is 10.6. The molecule has 1 aliphatic carbocycles. The van der Waals surface area contributed by atoms with Crippen molar-refractivity contribution in [1.29, 1.82) is 0 Å². The summed E-state index contributed by atoms with van der Waals surface area (Å²) in [4.78, 5) is 24.6. The number of methoxy groups -OCH3 is 1. The molecule has 0 radical (unpaired) electrons. The molecule has 0 spiro atoms. The first-order valence-corrected chi connectivity index (χ1v) is 13.7. The lowest BCUT2D eigenvalue weighted by Gasteiger charge is -2.22. The molecule has 1 saturated carbocycles. The molecule has 0 saturated heterocycles. The van der Waals surface area contributed by atoms with Gasteiger partial charge in [-0.15, -0.1) is 11.8 Å². The average molecular weight is 531 g/mol. The van der Waals surface area contributed by atoms with E-state index in [4.69, 9.17) is 14.2 Å². The summed E-state index contributed by atoms with van der Waals surface area (Å²) < 4.78 is 17.3. The summed E-state index contributed by atoms with van der Waals surface area (Å²) >= 11 is 0. The number of para-hydroxylation sites is 1. The van der Waals surface area contributed by atoms with E-state index >= 15 is 0 Å². The summed E-state index contributed by atoms with van der Waals surface area (Å²) in [5.74, 6) is 6.02. The van der Waals surface area contributed by atoms with Crippen LogP contribution in [0.25, 0.3) is 0 Å². The first kappa shape index (κ1) is 28.4. The molecule has 2 aromatic rings. The van der Waals surface area contributed by atoms with Gasteiger partial charge in [-0.05, 0) is 50.3 Å². The minimum absolute atomic E-state index is 0.00874. The fraction of sp³-hybridized carbons (Fsp3) is 0.455. The molecule has 206 valence electrons. The Bertz CT molecular complexity index is 1250. The summed E-state index contributed by atoms with van der Waals surface area (Å²) in [7, 11) is 1.40. The maximum absolute atomic E-state index is 13.1. The van der Waals surface area contributed by atoms with E-state index < -0.39 is 6.10 Å². The number of carbonyl (C=O) groups excluding carboxylic acids is 2. The number of benzene rings is 2. The zero-order valence-electron chi connectivity index (χ0n) is 23.2. The second-order valence-electron chi connectivity index (χ2n) is 10.6. The van der Waals surface area contributed by atoms with Crippen molar-refractivity contribution in [3.8, 4) is 17.6 Å². The molecule has 6 atom stereocenters. The van der Waals surface area contributed by atoms with Gasteiger partial charge in [0, 0.05) is 36.7 Å². The van der Waals surface area contributed by atoms with Gasteiger partial charge < -0.3 is 19.3 Å². The number of aryl methyl sites for hydroxylation is 2. The molecule has 0 amide bonds. The number of hydrogen-bond acceptors (Lipinski definition) is 6. The summed E-state index contributed by atoms with van der Waals surface area (Å²) in [6, 6.07) is 13.5. The van der Waals surface area contributed by atoms with Crippen LogP contribution in [0.5, 0.6) is 5.75 Å². The number of hydrogen-bond donors (Lipinski definition) is 1. The molecule has 2 aromatic carbocycles. The van der Waals surface area contributed by atoms with Crippen LogP contribution in [0.15, 0.2) is 54.6 Å². The fourth-order valence-corrected chi connectivity index (χ4v) is 5.51. The molecule has 2 aliphatic rings. The van der Waals surface area contributed by atoms with Gasteiger partial charge in [0.15, 0.2) is 0 Å². The average Bonchev–Trinajstić information content (AvgIpc) is 3.46. The molecular weight excluding hydrogens is 492 g/mol. The number of aliphatic hydroxyl groups excluding tert-OH is 1. The van der Waals surface area contributed by atoms with Crippen molar-refractivity contribution in [3.63, 3.8) is 0 Å². The van der Waals surface area contributed by atoms with Crippen molar-refractivity contribution in [2.45, 2.75) is 77.1 Å². The Kier molecular flexibility index (Phi) is 9.48. The normalized spacial score (nSPS) is 22.7. The predicted molar refractivity (Wildman–Crippen MR) is 149 cm³/mol. The lowest BCUT2D eigenvalue weighted by Crippen LogP contribution is -2.24. The van der Waals surface area contributed by atoms with E-state index in [0.29, 0.717) is 37.7 Å². The second kappa shape index (κ2) is 13.0. The van der Waals surface area contributed by atoms with Gasteiger partial charge in [-0.1, -0.05) is 55.0 Å². The van der Waals surface area contributed by atoms with Gasteiger partial charge in [0.2, 0.25) is 0 Å². The maximum atomic E-state index is 13.1. The third-order valence-corrected chi connectivity index (χ3v) is 7.78. The van der Waals surface area contributed by atoms with E-state index in [1.54, 1.807) is 19.1 Å². The highest BCUT2D eigenvalue weighted by Crippen LogP contribution is 2.53. The maximum Gasteiger partial charge on any atom is 0.338 e. The lowest BCUT2D eigenvalue weighted by molar-refractivity contribution is -0.140. The lowest BCUT2D eigenvalue weighted by atomic mass is 9.86. The van der Waals surface area contributed by atoms with Crippen molar-refractivity contribution in [1.82, 2.24) is 0 Å². The van der Waals surface area contributed by atoms with Crippen molar-refractivity contribution < 1.29 is 28.9 Å². The van der Waals surface area contributed by atoms with Crippen LogP contribution in [0.3, 0.4) is 0 Å². The van der Waals surface area contributed by atoms with Gasteiger partial charge in [0.25, 0.3) is 0 Å². The van der Waals surface area contributed by atoms with Gasteiger partial charge >= 0.3 is 11.9 Å². The molecule has 1 heterocycles. The number of aliphatic hydroxyl groups is 1. The van der Waals surface area contributed by atoms with Gasteiger partial charge in [-0.2, -0.15) is 0 Å². The van der Waals surface area contributed by atoms with Crippen LogP contribution < -0.4 is 4.74 Å². The van der Waals surface area contributed by atoms with Crippen molar-refractivity contribution in [3.05, 3.63) is 76.9 Å². The van der Waals surface area contributed by atoms with E-state index in [9.17, 15) is 14.7 Å². The molecule has 0 aromatic heterocycles. The number of ether oxygens (including phenoxy) is 3.